The highest BCUT2D eigenvalue weighted by Crippen LogP contribution is 2.29. The molecule has 0 aromatic carbocycles. The van der Waals surface area contributed by atoms with Crippen LogP contribution in [0.25, 0.3) is 0 Å². The van der Waals surface area contributed by atoms with Gasteiger partial charge in [0.2, 0.25) is 5.91 Å². The van der Waals surface area contributed by atoms with E-state index >= 15 is 0 Å². The van der Waals surface area contributed by atoms with Gasteiger partial charge in [0.15, 0.2) is 5.96 Å². The van der Waals surface area contributed by atoms with E-state index in [2.05, 4.69) is 29.5 Å². The third kappa shape index (κ3) is 7.65. The molecular formula is C16H33IN4O. The summed E-state index contributed by atoms with van der Waals surface area (Å²) in [5.74, 6) is 2.43. The summed E-state index contributed by atoms with van der Waals surface area (Å²) >= 11 is 0. The molecule has 22 heavy (non-hydrogen) atoms. The molecule has 0 bridgehead atoms. The number of hydrogen-bond donors (Lipinski definition) is 2. The van der Waals surface area contributed by atoms with E-state index in [-0.39, 0.29) is 36.4 Å². The van der Waals surface area contributed by atoms with Gasteiger partial charge in [-0.2, -0.15) is 0 Å². The third-order valence-electron chi connectivity index (χ3n) is 4.27. The molecule has 5 nitrogen and oxygen atoms in total. The van der Waals surface area contributed by atoms with Crippen LogP contribution in [-0.2, 0) is 4.79 Å². The average molecular weight is 424 g/mol. The van der Waals surface area contributed by atoms with Gasteiger partial charge in [-0.1, -0.05) is 13.8 Å². The second-order valence-electron chi connectivity index (χ2n) is 6.48. The van der Waals surface area contributed by atoms with Gasteiger partial charge in [-0.25, -0.2) is 4.99 Å². The molecule has 130 valence electrons. The number of likely N-dealkylation sites (N-methyl/N-ethyl adjacent to an activating group) is 1. The molecule has 1 saturated carbocycles. The van der Waals surface area contributed by atoms with Crippen molar-refractivity contribution in [2.75, 3.05) is 27.2 Å². The van der Waals surface area contributed by atoms with Crippen molar-refractivity contribution in [3.8, 4) is 0 Å². The Morgan fingerprint density at radius 3 is 2.27 bits per heavy atom. The third-order valence-corrected chi connectivity index (χ3v) is 4.27. The van der Waals surface area contributed by atoms with Crippen LogP contribution in [0.2, 0.25) is 0 Å². The first kappa shape index (κ1) is 21.5. The number of halogens is 1. The van der Waals surface area contributed by atoms with E-state index in [9.17, 15) is 4.79 Å². The normalized spacial score (nSPS) is 22.0. The lowest BCUT2D eigenvalue weighted by molar-refractivity contribution is -0.127. The minimum Gasteiger partial charge on any atom is -0.357 e. The van der Waals surface area contributed by atoms with Crippen LogP contribution in [0.4, 0.5) is 0 Å². The van der Waals surface area contributed by atoms with E-state index in [4.69, 9.17) is 0 Å². The Bertz CT molecular complexity index is 350. The Balaban J connectivity index is 0.00000441. The van der Waals surface area contributed by atoms with Gasteiger partial charge < -0.3 is 15.5 Å². The molecule has 0 unspecified atom stereocenters. The molecule has 0 aromatic heterocycles. The second-order valence-corrected chi connectivity index (χ2v) is 6.48. The first-order chi connectivity index (χ1) is 9.93. The minimum atomic E-state index is 0. The van der Waals surface area contributed by atoms with Crippen LogP contribution in [0.1, 0.15) is 46.5 Å². The maximum Gasteiger partial charge on any atom is 0.243 e. The highest BCUT2D eigenvalue weighted by atomic mass is 127. The van der Waals surface area contributed by atoms with Gasteiger partial charge in [-0.15, -0.1) is 24.0 Å². The van der Waals surface area contributed by atoms with Gasteiger partial charge in [0.25, 0.3) is 0 Å². The molecule has 6 heteroatoms. The Kier molecular flexibility index (Phi) is 10.8. The topological polar surface area (TPSA) is 56.7 Å². The Labute approximate surface area is 152 Å². The van der Waals surface area contributed by atoms with Crippen LogP contribution in [-0.4, -0.2) is 50.0 Å². The number of nitrogens with zero attached hydrogens (tertiary/aromatic N) is 2. The van der Waals surface area contributed by atoms with Gasteiger partial charge in [0.1, 0.15) is 6.54 Å². The summed E-state index contributed by atoms with van der Waals surface area (Å²) in [6.07, 6.45) is 4.94. The molecule has 1 fully saturated rings. The summed E-state index contributed by atoms with van der Waals surface area (Å²) < 4.78 is 0. The number of aliphatic imine (C=N–C) groups is 1. The number of carbonyl (C=O) groups is 1. The standard InChI is InChI=1S/C16H32N4O.HI/c1-6-17-16(18-11-15(21)20(4)5)19-14-9-7-13(8-10-14)12(2)3;/h12-14H,6-11H2,1-5H3,(H2,17,18,19);1H. The van der Waals surface area contributed by atoms with E-state index in [1.165, 1.54) is 25.7 Å². The SMILES string of the molecule is CCNC(=NCC(=O)N(C)C)NC1CCC(C(C)C)CC1.I. The van der Waals surface area contributed by atoms with Crippen LogP contribution in [0.5, 0.6) is 0 Å². The van der Waals surface area contributed by atoms with Gasteiger partial charge in [-0.05, 0) is 44.4 Å². The van der Waals surface area contributed by atoms with Crippen LogP contribution < -0.4 is 10.6 Å². The monoisotopic (exact) mass is 424 g/mol. The molecule has 2 N–H and O–H groups in total. The van der Waals surface area contributed by atoms with Crippen molar-refractivity contribution in [2.24, 2.45) is 16.8 Å². The first-order valence-electron chi connectivity index (χ1n) is 8.19. The molecular weight excluding hydrogens is 391 g/mol. The summed E-state index contributed by atoms with van der Waals surface area (Å²) in [7, 11) is 3.51. The number of guanidine groups is 1. The quantitative estimate of drug-likeness (QED) is 0.405. The number of rotatable bonds is 5. The zero-order valence-electron chi connectivity index (χ0n) is 14.7. The van der Waals surface area contributed by atoms with Crippen LogP contribution in [0.3, 0.4) is 0 Å². The zero-order valence-corrected chi connectivity index (χ0v) is 17.0. The van der Waals surface area contributed by atoms with Crippen LogP contribution >= 0.6 is 24.0 Å². The Morgan fingerprint density at radius 2 is 1.82 bits per heavy atom. The van der Waals surface area contributed by atoms with Crippen molar-refractivity contribution in [1.29, 1.82) is 0 Å². The molecule has 1 rings (SSSR count). The van der Waals surface area contributed by atoms with Crippen LogP contribution in [0, 0.1) is 11.8 Å². The summed E-state index contributed by atoms with van der Waals surface area (Å²) in [6.45, 7) is 7.68. The number of nitrogens with one attached hydrogen (secondary N) is 2. The van der Waals surface area contributed by atoms with E-state index < -0.39 is 0 Å². The summed E-state index contributed by atoms with van der Waals surface area (Å²) in [5, 5.41) is 6.71. The largest absolute Gasteiger partial charge is 0.357 e. The summed E-state index contributed by atoms with van der Waals surface area (Å²) in [6, 6.07) is 0.479. The fraction of sp³-hybridized carbons (Fsp3) is 0.875. The van der Waals surface area contributed by atoms with E-state index in [0.29, 0.717) is 6.04 Å². The molecule has 1 aliphatic carbocycles. The first-order valence-corrected chi connectivity index (χ1v) is 8.19. The molecule has 0 aliphatic heterocycles. The molecule has 0 atom stereocenters. The van der Waals surface area contributed by atoms with Crippen molar-refractivity contribution in [1.82, 2.24) is 15.5 Å². The Hall–Kier alpha value is -0.530. The number of carbonyl (C=O) groups excluding carboxylic acids is 1. The number of hydrogen-bond acceptors (Lipinski definition) is 2. The molecule has 1 amide bonds. The Morgan fingerprint density at radius 1 is 1.23 bits per heavy atom. The predicted molar refractivity (Wildman–Crippen MR) is 104 cm³/mol. The second kappa shape index (κ2) is 11.1. The molecule has 1 aliphatic rings. The van der Waals surface area contributed by atoms with Gasteiger partial charge in [0, 0.05) is 26.7 Å². The lowest BCUT2D eigenvalue weighted by atomic mass is 9.80. The van der Waals surface area contributed by atoms with Crippen molar-refractivity contribution < 1.29 is 4.79 Å². The van der Waals surface area contributed by atoms with Gasteiger partial charge >= 0.3 is 0 Å². The maximum atomic E-state index is 11.6. The predicted octanol–water partition coefficient (Wildman–Crippen LogP) is 2.46. The van der Waals surface area contributed by atoms with E-state index in [1.807, 2.05) is 6.92 Å². The van der Waals surface area contributed by atoms with Crippen molar-refractivity contribution >= 4 is 35.8 Å². The summed E-state index contributed by atoms with van der Waals surface area (Å²) in [5.41, 5.74) is 0. The zero-order chi connectivity index (χ0) is 15.8. The minimum absolute atomic E-state index is 0. The lowest BCUT2D eigenvalue weighted by Gasteiger charge is -2.32. The average Bonchev–Trinajstić information content (AvgIpc) is 2.45. The highest BCUT2D eigenvalue weighted by molar-refractivity contribution is 14.0. The molecule has 0 aromatic rings. The smallest absolute Gasteiger partial charge is 0.243 e. The highest BCUT2D eigenvalue weighted by Gasteiger charge is 2.23. The van der Waals surface area contributed by atoms with Gasteiger partial charge in [0.05, 0.1) is 0 Å². The van der Waals surface area contributed by atoms with Crippen molar-refractivity contribution in [3.63, 3.8) is 0 Å². The molecule has 0 radical (unpaired) electrons. The van der Waals surface area contributed by atoms with Crippen molar-refractivity contribution in [3.05, 3.63) is 0 Å². The molecule has 0 spiro atoms. The van der Waals surface area contributed by atoms with E-state index in [0.717, 1.165) is 24.3 Å². The fourth-order valence-electron chi connectivity index (χ4n) is 2.73. The molecule has 0 heterocycles. The maximum absolute atomic E-state index is 11.6. The van der Waals surface area contributed by atoms with Crippen LogP contribution in [0.15, 0.2) is 4.99 Å². The number of amides is 1. The lowest BCUT2D eigenvalue weighted by Crippen LogP contribution is -2.45. The van der Waals surface area contributed by atoms with Gasteiger partial charge in [-0.3, -0.25) is 4.79 Å². The van der Waals surface area contributed by atoms with E-state index in [1.54, 1.807) is 19.0 Å². The summed E-state index contributed by atoms with van der Waals surface area (Å²) in [4.78, 5) is 17.6. The fourth-order valence-corrected chi connectivity index (χ4v) is 2.73. The van der Waals surface area contributed by atoms with Crippen molar-refractivity contribution in [2.45, 2.75) is 52.5 Å². The molecule has 0 saturated heterocycles.